The van der Waals surface area contributed by atoms with E-state index in [4.69, 9.17) is 4.74 Å². The van der Waals surface area contributed by atoms with Crippen molar-refractivity contribution in [2.75, 3.05) is 0 Å². The molecule has 0 N–H and O–H groups in total. The van der Waals surface area contributed by atoms with Crippen LogP contribution >= 0.6 is 0 Å². The van der Waals surface area contributed by atoms with Gasteiger partial charge in [-0.2, -0.15) is 0 Å². The largest absolute Gasteiger partial charge is 0.423 e. The van der Waals surface area contributed by atoms with E-state index in [-0.39, 0.29) is 0 Å². The van der Waals surface area contributed by atoms with Gasteiger partial charge in [-0.05, 0) is 42.3 Å². The molecule has 0 unspecified atom stereocenters. The molecule has 0 aliphatic heterocycles. The Morgan fingerprint density at radius 2 is 1.60 bits per heavy atom. The maximum absolute atomic E-state index is 11.4. The summed E-state index contributed by atoms with van der Waals surface area (Å²) >= 11 is 0. The Labute approximate surface area is 118 Å². The second-order valence-corrected chi connectivity index (χ2v) is 4.35. The van der Waals surface area contributed by atoms with E-state index in [1.807, 2.05) is 36.4 Å². The predicted octanol–water partition coefficient (Wildman–Crippen LogP) is 3.73. The molecule has 0 aliphatic carbocycles. The average Bonchev–Trinajstić information content (AvgIpc) is 2.47. The van der Waals surface area contributed by atoms with Crippen molar-refractivity contribution in [3.63, 3.8) is 0 Å². The molecule has 0 amide bonds. The molecule has 100 valence electrons. The minimum atomic E-state index is -0.412. The van der Waals surface area contributed by atoms with Gasteiger partial charge in [0.1, 0.15) is 5.75 Å². The Bertz CT molecular complexity index is 628. The summed E-state index contributed by atoms with van der Waals surface area (Å²) in [6.07, 6.45) is 7.48. The zero-order valence-corrected chi connectivity index (χ0v) is 11.2. The molecular formula is C17H15NO2. The quantitative estimate of drug-likeness (QED) is 0.480. The molecule has 0 bridgehead atoms. The van der Waals surface area contributed by atoms with E-state index >= 15 is 0 Å². The number of pyridine rings is 1. The van der Waals surface area contributed by atoms with Crippen molar-refractivity contribution in [2.24, 2.45) is 0 Å². The molecule has 0 fully saturated rings. The van der Waals surface area contributed by atoms with Gasteiger partial charge in [0.15, 0.2) is 0 Å². The average molecular weight is 265 g/mol. The number of carbonyl (C=O) groups excluding carboxylic acids is 1. The summed E-state index contributed by atoms with van der Waals surface area (Å²) in [6, 6.07) is 11.1. The van der Waals surface area contributed by atoms with Crippen LogP contribution in [0.15, 0.2) is 60.9 Å². The highest BCUT2D eigenvalue weighted by atomic mass is 16.5. The van der Waals surface area contributed by atoms with Crippen LogP contribution in [0.4, 0.5) is 0 Å². The number of hydrogen-bond donors (Lipinski definition) is 0. The van der Waals surface area contributed by atoms with Crippen molar-refractivity contribution < 1.29 is 9.53 Å². The van der Waals surface area contributed by atoms with E-state index in [1.165, 1.54) is 0 Å². The van der Waals surface area contributed by atoms with Gasteiger partial charge in [-0.15, -0.1) is 0 Å². The van der Waals surface area contributed by atoms with E-state index in [1.54, 1.807) is 31.5 Å². The molecule has 0 spiro atoms. The lowest BCUT2D eigenvalue weighted by atomic mass is 10.1. The smallest absolute Gasteiger partial charge is 0.338 e. The first-order valence-corrected chi connectivity index (χ1v) is 6.21. The fourth-order valence-electron chi connectivity index (χ4n) is 1.51. The predicted molar refractivity (Wildman–Crippen MR) is 80.1 cm³/mol. The van der Waals surface area contributed by atoms with Gasteiger partial charge in [0.2, 0.25) is 0 Å². The van der Waals surface area contributed by atoms with Crippen LogP contribution in [-0.4, -0.2) is 11.0 Å². The van der Waals surface area contributed by atoms with Crippen LogP contribution in [-0.2, 0) is 4.79 Å². The van der Waals surface area contributed by atoms with Gasteiger partial charge in [-0.1, -0.05) is 30.9 Å². The second-order valence-electron chi connectivity index (χ2n) is 4.35. The highest BCUT2D eigenvalue weighted by Crippen LogP contribution is 2.15. The van der Waals surface area contributed by atoms with Crippen LogP contribution in [0.2, 0.25) is 0 Å². The molecule has 0 saturated heterocycles. The van der Waals surface area contributed by atoms with Crippen molar-refractivity contribution >= 4 is 18.1 Å². The molecule has 2 rings (SSSR count). The monoisotopic (exact) mass is 265 g/mol. The molecule has 0 aliphatic rings. The highest BCUT2D eigenvalue weighted by Gasteiger charge is 2.04. The maximum Gasteiger partial charge on any atom is 0.338 e. The van der Waals surface area contributed by atoms with Crippen molar-refractivity contribution in [2.45, 2.75) is 6.92 Å². The summed E-state index contributed by atoms with van der Waals surface area (Å²) in [5.74, 6) is 0.101. The van der Waals surface area contributed by atoms with Crippen molar-refractivity contribution in [3.8, 4) is 5.75 Å². The van der Waals surface area contributed by atoms with Gasteiger partial charge in [0, 0.05) is 18.0 Å². The summed E-state index contributed by atoms with van der Waals surface area (Å²) in [4.78, 5) is 15.3. The highest BCUT2D eigenvalue weighted by molar-refractivity contribution is 5.88. The molecular weight excluding hydrogens is 250 g/mol. The number of aromatic nitrogens is 1. The molecule has 0 saturated carbocycles. The van der Waals surface area contributed by atoms with Crippen LogP contribution in [0.3, 0.4) is 0 Å². The standard InChI is InChI=1S/C17H15NO2/c1-13(2)17(19)20-16-7-5-14(6-8-16)3-4-15-9-11-18-12-10-15/h3-12H,1H2,2H3/b4-3-. The van der Waals surface area contributed by atoms with E-state index < -0.39 is 5.97 Å². The SMILES string of the molecule is C=C(C)C(=O)Oc1ccc(/C=C\c2ccncc2)cc1. The summed E-state index contributed by atoms with van der Waals surface area (Å²) in [6.45, 7) is 5.16. The van der Waals surface area contributed by atoms with Crippen LogP contribution < -0.4 is 4.74 Å². The van der Waals surface area contributed by atoms with Crippen LogP contribution in [0.1, 0.15) is 18.1 Å². The van der Waals surface area contributed by atoms with Crippen molar-refractivity contribution in [1.29, 1.82) is 0 Å². The summed E-state index contributed by atoms with van der Waals surface area (Å²) in [7, 11) is 0. The molecule has 1 heterocycles. The van der Waals surface area contributed by atoms with Crippen molar-refractivity contribution in [3.05, 3.63) is 72.1 Å². The first-order chi connectivity index (χ1) is 9.65. The molecule has 1 aromatic carbocycles. The molecule has 1 aromatic heterocycles. The van der Waals surface area contributed by atoms with Gasteiger partial charge >= 0.3 is 5.97 Å². The lowest BCUT2D eigenvalue weighted by molar-refractivity contribution is -0.130. The topological polar surface area (TPSA) is 39.2 Å². The van der Waals surface area contributed by atoms with Gasteiger partial charge in [-0.3, -0.25) is 4.98 Å². The summed E-state index contributed by atoms with van der Waals surface area (Å²) in [5.41, 5.74) is 2.49. The third kappa shape index (κ3) is 3.92. The Kier molecular flexibility index (Phi) is 4.45. The minimum Gasteiger partial charge on any atom is -0.423 e. The zero-order valence-electron chi connectivity index (χ0n) is 11.2. The van der Waals surface area contributed by atoms with Gasteiger partial charge in [0.05, 0.1) is 0 Å². The summed E-state index contributed by atoms with van der Waals surface area (Å²) < 4.78 is 5.12. The van der Waals surface area contributed by atoms with Gasteiger partial charge in [-0.25, -0.2) is 4.79 Å². The molecule has 3 nitrogen and oxygen atoms in total. The molecule has 3 heteroatoms. The number of ether oxygens (including phenoxy) is 1. The maximum atomic E-state index is 11.4. The molecule has 0 radical (unpaired) electrons. The number of hydrogen-bond acceptors (Lipinski definition) is 3. The normalized spacial score (nSPS) is 10.4. The minimum absolute atomic E-state index is 0.381. The van der Waals surface area contributed by atoms with E-state index in [9.17, 15) is 4.79 Å². The summed E-state index contributed by atoms with van der Waals surface area (Å²) in [5, 5.41) is 0. The molecule has 20 heavy (non-hydrogen) atoms. The Balaban J connectivity index is 2.03. The number of carbonyl (C=O) groups is 1. The number of benzene rings is 1. The van der Waals surface area contributed by atoms with Gasteiger partial charge in [0.25, 0.3) is 0 Å². The first kappa shape index (κ1) is 13.7. The number of nitrogens with zero attached hydrogens (tertiary/aromatic N) is 1. The van der Waals surface area contributed by atoms with Crippen LogP contribution in [0.5, 0.6) is 5.75 Å². The Morgan fingerprint density at radius 3 is 2.15 bits per heavy atom. The van der Waals surface area contributed by atoms with E-state index in [2.05, 4.69) is 11.6 Å². The van der Waals surface area contributed by atoms with Gasteiger partial charge < -0.3 is 4.74 Å². The lowest BCUT2D eigenvalue weighted by Gasteiger charge is -2.03. The van der Waals surface area contributed by atoms with E-state index in [0.29, 0.717) is 11.3 Å². The fraction of sp³-hybridized carbons (Fsp3) is 0.0588. The fourth-order valence-corrected chi connectivity index (χ4v) is 1.51. The van der Waals surface area contributed by atoms with Crippen molar-refractivity contribution in [1.82, 2.24) is 4.98 Å². The van der Waals surface area contributed by atoms with Crippen LogP contribution in [0.25, 0.3) is 12.2 Å². The number of rotatable bonds is 4. The number of esters is 1. The molecule has 2 aromatic rings. The van der Waals surface area contributed by atoms with E-state index in [0.717, 1.165) is 11.1 Å². The molecule has 0 atom stereocenters. The first-order valence-electron chi connectivity index (χ1n) is 6.21. The lowest BCUT2D eigenvalue weighted by Crippen LogP contribution is -2.07. The van der Waals surface area contributed by atoms with Crippen LogP contribution in [0, 0.1) is 0 Å². The second kappa shape index (κ2) is 6.48. The Morgan fingerprint density at radius 1 is 1.05 bits per heavy atom. The zero-order chi connectivity index (χ0) is 14.4. The third-order valence-corrected chi connectivity index (χ3v) is 2.61. The Hall–Kier alpha value is -2.68. The third-order valence-electron chi connectivity index (χ3n) is 2.61.